The summed E-state index contributed by atoms with van der Waals surface area (Å²) in [5.41, 5.74) is 4.04. The van der Waals surface area contributed by atoms with Crippen LogP contribution in [0.3, 0.4) is 0 Å². The van der Waals surface area contributed by atoms with Gasteiger partial charge in [0.1, 0.15) is 24.4 Å². The van der Waals surface area contributed by atoms with Gasteiger partial charge in [-0.1, -0.05) is 38.2 Å². The van der Waals surface area contributed by atoms with Gasteiger partial charge in [0.05, 0.1) is 12.3 Å². The summed E-state index contributed by atoms with van der Waals surface area (Å²) in [7, 11) is 0. The number of hydrogen-bond donors (Lipinski definition) is 1. The summed E-state index contributed by atoms with van der Waals surface area (Å²) in [5.74, 6) is 2.65. The van der Waals surface area contributed by atoms with E-state index in [1.807, 2.05) is 36.4 Å². The number of nitrogens with one attached hydrogen (secondary N) is 1. The normalized spacial score (nSPS) is 14.2. The van der Waals surface area contributed by atoms with E-state index in [2.05, 4.69) is 34.3 Å². The minimum absolute atomic E-state index is 0.425. The van der Waals surface area contributed by atoms with Gasteiger partial charge in [-0.2, -0.15) is 0 Å². The molecule has 5 nitrogen and oxygen atoms in total. The number of rotatable bonds is 10. The van der Waals surface area contributed by atoms with E-state index < -0.39 is 0 Å². The maximum absolute atomic E-state index is 6.03. The first kappa shape index (κ1) is 22.1. The van der Waals surface area contributed by atoms with Gasteiger partial charge >= 0.3 is 0 Å². The average Bonchev–Trinajstić information content (AvgIpc) is 2.84. The Kier molecular flexibility index (Phi) is 7.96. The third-order valence-electron chi connectivity index (χ3n) is 6.09. The molecule has 4 rings (SSSR count). The predicted molar refractivity (Wildman–Crippen MR) is 129 cm³/mol. The molecule has 32 heavy (non-hydrogen) atoms. The number of hydrogen-bond acceptors (Lipinski definition) is 5. The molecule has 1 aromatic heterocycles. The molecule has 168 valence electrons. The van der Waals surface area contributed by atoms with Crippen LogP contribution in [0.15, 0.2) is 61.1 Å². The van der Waals surface area contributed by atoms with Crippen LogP contribution >= 0.6 is 0 Å². The van der Waals surface area contributed by atoms with Gasteiger partial charge in [0.25, 0.3) is 0 Å². The van der Waals surface area contributed by atoms with Crippen molar-refractivity contribution in [1.82, 2.24) is 9.97 Å². The number of aromatic nitrogens is 2. The van der Waals surface area contributed by atoms with Crippen LogP contribution in [-0.2, 0) is 6.61 Å². The van der Waals surface area contributed by atoms with E-state index in [-0.39, 0.29) is 0 Å². The minimum atomic E-state index is 0.425. The van der Waals surface area contributed by atoms with Crippen molar-refractivity contribution in [1.29, 1.82) is 0 Å². The molecule has 1 N–H and O–H groups in total. The zero-order chi connectivity index (χ0) is 22.0. The highest BCUT2D eigenvalue weighted by molar-refractivity contribution is 5.65. The molecule has 1 saturated carbocycles. The first-order valence-electron chi connectivity index (χ1n) is 11.7. The summed E-state index contributed by atoms with van der Waals surface area (Å²) in [6, 6.07) is 16.1. The smallest absolute Gasteiger partial charge is 0.130 e. The Balaban J connectivity index is 1.26. The molecular weight excluding hydrogens is 398 g/mol. The van der Waals surface area contributed by atoms with Crippen molar-refractivity contribution in [2.45, 2.75) is 58.5 Å². The minimum Gasteiger partial charge on any atom is -0.494 e. The van der Waals surface area contributed by atoms with E-state index >= 15 is 0 Å². The van der Waals surface area contributed by atoms with Crippen LogP contribution in [0.1, 0.15) is 56.2 Å². The Labute approximate surface area is 191 Å². The molecule has 0 amide bonds. The summed E-state index contributed by atoms with van der Waals surface area (Å²) in [5, 5.41) is 3.50. The zero-order valence-electron chi connectivity index (χ0n) is 18.9. The van der Waals surface area contributed by atoms with Crippen molar-refractivity contribution in [2.24, 2.45) is 5.92 Å². The highest BCUT2D eigenvalue weighted by Crippen LogP contribution is 2.29. The zero-order valence-corrected chi connectivity index (χ0v) is 18.9. The van der Waals surface area contributed by atoms with Crippen LogP contribution in [0.25, 0.3) is 0 Å². The van der Waals surface area contributed by atoms with Crippen molar-refractivity contribution in [3.63, 3.8) is 0 Å². The lowest BCUT2D eigenvalue weighted by Gasteiger charge is -2.21. The van der Waals surface area contributed by atoms with Gasteiger partial charge in [-0.15, -0.1) is 0 Å². The topological polar surface area (TPSA) is 56.3 Å². The molecule has 5 heteroatoms. The molecule has 1 aliphatic rings. The molecule has 1 heterocycles. The lowest BCUT2D eigenvalue weighted by atomic mass is 9.86. The number of ether oxygens (including phenoxy) is 2. The predicted octanol–water partition coefficient (Wildman–Crippen LogP) is 6.85. The van der Waals surface area contributed by atoms with E-state index in [9.17, 15) is 0 Å². The van der Waals surface area contributed by atoms with Gasteiger partial charge in [0.15, 0.2) is 0 Å². The van der Waals surface area contributed by atoms with Gasteiger partial charge in [-0.3, -0.25) is 0 Å². The molecule has 1 fully saturated rings. The fourth-order valence-corrected chi connectivity index (χ4v) is 4.28. The van der Waals surface area contributed by atoms with Gasteiger partial charge in [0.2, 0.25) is 0 Å². The maximum Gasteiger partial charge on any atom is 0.130 e. The van der Waals surface area contributed by atoms with Gasteiger partial charge in [0, 0.05) is 23.6 Å². The summed E-state index contributed by atoms with van der Waals surface area (Å²) in [6.07, 6.45) is 12.7. The van der Waals surface area contributed by atoms with Crippen molar-refractivity contribution in [3.05, 3.63) is 72.3 Å². The third-order valence-corrected chi connectivity index (χ3v) is 6.09. The summed E-state index contributed by atoms with van der Waals surface area (Å²) in [6.45, 7) is 3.29. The summed E-state index contributed by atoms with van der Waals surface area (Å²) < 4.78 is 11.9. The Morgan fingerprint density at radius 1 is 0.969 bits per heavy atom. The van der Waals surface area contributed by atoms with Crippen molar-refractivity contribution in [2.75, 3.05) is 11.9 Å². The molecule has 0 spiro atoms. The molecule has 0 aliphatic heterocycles. The molecule has 0 radical (unpaired) electrons. The first-order valence-corrected chi connectivity index (χ1v) is 11.7. The van der Waals surface area contributed by atoms with Crippen LogP contribution in [0.5, 0.6) is 11.5 Å². The summed E-state index contributed by atoms with van der Waals surface area (Å²) >= 11 is 0. The average molecular weight is 432 g/mol. The van der Waals surface area contributed by atoms with E-state index in [0.29, 0.717) is 6.61 Å². The monoisotopic (exact) mass is 431 g/mol. The van der Waals surface area contributed by atoms with E-state index in [1.165, 1.54) is 44.9 Å². The Morgan fingerprint density at radius 2 is 1.84 bits per heavy atom. The van der Waals surface area contributed by atoms with Crippen LogP contribution in [0, 0.1) is 12.8 Å². The SMILES string of the molecule is Cc1cc(OCc2ccncn2)ccc1Nc1cccc(OCCCC2CCCCC2)c1. The molecule has 0 saturated heterocycles. The van der Waals surface area contributed by atoms with Crippen molar-refractivity contribution >= 4 is 11.4 Å². The second kappa shape index (κ2) is 11.5. The standard InChI is InChI=1S/C27H33N3O2/c1-21-17-26(32-19-24-14-15-28-20-29-24)12-13-27(21)30-23-10-5-11-25(18-23)31-16-6-9-22-7-3-2-4-8-22/h5,10-15,17-18,20,22,30H,2-4,6-9,16,19H2,1H3. The highest BCUT2D eigenvalue weighted by atomic mass is 16.5. The second-order valence-electron chi connectivity index (χ2n) is 8.61. The third kappa shape index (κ3) is 6.71. The van der Waals surface area contributed by atoms with Gasteiger partial charge in [-0.25, -0.2) is 9.97 Å². The second-order valence-corrected chi connectivity index (χ2v) is 8.61. The van der Waals surface area contributed by atoms with Crippen molar-refractivity contribution < 1.29 is 9.47 Å². The molecule has 3 aromatic rings. The lowest BCUT2D eigenvalue weighted by Crippen LogP contribution is -2.08. The fraction of sp³-hybridized carbons (Fsp3) is 0.407. The van der Waals surface area contributed by atoms with Gasteiger partial charge in [-0.05, 0) is 67.6 Å². The molecular formula is C27H33N3O2. The van der Waals surface area contributed by atoms with Crippen LogP contribution in [0.2, 0.25) is 0 Å². The molecule has 2 aromatic carbocycles. The highest BCUT2D eigenvalue weighted by Gasteiger charge is 2.12. The number of aryl methyl sites for hydroxylation is 1. The van der Waals surface area contributed by atoms with E-state index in [1.54, 1.807) is 6.20 Å². The summed E-state index contributed by atoms with van der Waals surface area (Å²) in [4.78, 5) is 8.12. The van der Waals surface area contributed by atoms with E-state index in [4.69, 9.17) is 9.47 Å². The first-order chi connectivity index (χ1) is 15.8. The Bertz CT molecular complexity index is 972. The van der Waals surface area contributed by atoms with Crippen LogP contribution < -0.4 is 14.8 Å². The van der Waals surface area contributed by atoms with Gasteiger partial charge < -0.3 is 14.8 Å². The largest absolute Gasteiger partial charge is 0.494 e. The van der Waals surface area contributed by atoms with Crippen LogP contribution in [0.4, 0.5) is 11.4 Å². The number of nitrogens with zero attached hydrogens (tertiary/aromatic N) is 2. The number of benzene rings is 2. The molecule has 0 unspecified atom stereocenters. The molecule has 0 atom stereocenters. The Morgan fingerprint density at radius 3 is 2.66 bits per heavy atom. The van der Waals surface area contributed by atoms with Crippen LogP contribution in [-0.4, -0.2) is 16.6 Å². The quantitative estimate of drug-likeness (QED) is 0.356. The van der Waals surface area contributed by atoms with E-state index in [0.717, 1.165) is 53.1 Å². The Hall–Kier alpha value is -3.08. The maximum atomic E-state index is 6.03. The van der Waals surface area contributed by atoms with Crippen molar-refractivity contribution in [3.8, 4) is 11.5 Å². The number of anilines is 2. The lowest BCUT2D eigenvalue weighted by molar-refractivity contribution is 0.269. The fourth-order valence-electron chi connectivity index (χ4n) is 4.28. The molecule has 0 bridgehead atoms. The molecule has 1 aliphatic carbocycles.